The van der Waals surface area contributed by atoms with Crippen LogP contribution in [0.15, 0.2) is 63.9 Å². The molecule has 262 valence electrons. The summed E-state index contributed by atoms with van der Waals surface area (Å²) in [7, 11) is -8.90. The number of cyclic esters (lactones) is 1. The second kappa shape index (κ2) is 15.2. The van der Waals surface area contributed by atoms with Crippen molar-refractivity contribution in [1.29, 1.82) is 0 Å². The lowest BCUT2D eigenvalue weighted by atomic mass is 10.2. The van der Waals surface area contributed by atoms with Crippen molar-refractivity contribution in [2.45, 2.75) is 29.0 Å². The van der Waals surface area contributed by atoms with Crippen LogP contribution in [0.3, 0.4) is 0 Å². The number of rotatable bonds is 12. The maximum atomic E-state index is 15.3. The van der Waals surface area contributed by atoms with Gasteiger partial charge >= 0.3 is 32.7 Å². The van der Waals surface area contributed by atoms with E-state index in [-0.39, 0.29) is 24.5 Å². The minimum absolute atomic E-state index is 0.145. The topological polar surface area (TPSA) is 219 Å². The Labute approximate surface area is 289 Å². The Bertz CT molecular complexity index is 1790. The number of hydrogen-bond acceptors (Lipinski definition) is 12. The molecule has 2 saturated heterocycles. The second-order valence-electron chi connectivity index (χ2n) is 11.2. The zero-order valence-corrected chi connectivity index (χ0v) is 28.9. The number of amides is 1. The molecule has 3 atom stereocenters. The van der Waals surface area contributed by atoms with E-state index in [0.29, 0.717) is 59.1 Å². The molecule has 1 amide bonds. The lowest BCUT2D eigenvalue weighted by Crippen LogP contribution is -2.46. The fourth-order valence-electron chi connectivity index (χ4n) is 5.25. The molecule has 0 spiro atoms. The molecule has 16 nitrogen and oxygen atoms in total. The number of benzene rings is 2. The van der Waals surface area contributed by atoms with Crippen LogP contribution in [0.25, 0.3) is 0 Å². The SMILES string of the molecule is O=C1O[C@@H](CNC(=S)Sc2ccc(CC(O)([P+](=O)O)P(=O)(O)O)cc2)CN1c1ccc(N2CCN(Cc3ccc([N+](=O)[O-])o3)CC2)c(F)c1. The molecule has 3 heterocycles. The number of carbonyl (C=O) groups excluding carboxylic acids is 1. The Morgan fingerprint density at radius 3 is 2.45 bits per heavy atom. The van der Waals surface area contributed by atoms with Crippen LogP contribution >= 0.6 is 39.6 Å². The van der Waals surface area contributed by atoms with Crippen molar-refractivity contribution in [2.24, 2.45) is 0 Å². The minimum Gasteiger partial charge on any atom is -0.442 e. The summed E-state index contributed by atoms with van der Waals surface area (Å²) in [6.07, 6.45) is -1.97. The summed E-state index contributed by atoms with van der Waals surface area (Å²) >= 11 is 6.51. The lowest BCUT2D eigenvalue weighted by molar-refractivity contribution is -0.402. The van der Waals surface area contributed by atoms with Gasteiger partial charge in [-0.15, -0.1) is 0 Å². The van der Waals surface area contributed by atoms with E-state index in [9.17, 15) is 43.8 Å². The number of nitrogens with zero attached hydrogens (tertiary/aromatic N) is 4. The van der Waals surface area contributed by atoms with Gasteiger partial charge in [0.05, 0.1) is 43.5 Å². The molecule has 2 aliphatic heterocycles. The Morgan fingerprint density at radius 1 is 1.16 bits per heavy atom. The number of piperazine rings is 1. The van der Waals surface area contributed by atoms with E-state index in [1.54, 1.807) is 30.3 Å². The van der Waals surface area contributed by atoms with Crippen molar-refractivity contribution in [3.63, 3.8) is 0 Å². The molecule has 2 aliphatic rings. The highest BCUT2D eigenvalue weighted by Gasteiger charge is 2.62. The molecule has 3 aromatic rings. The third kappa shape index (κ3) is 8.81. The van der Waals surface area contributed by atoms with E-state index in [1.165, 1.54) is 29.2 Å². The lowest BCUT2D eigenvalue weighted by Gasteiger charge is -2.36. The van der Waals surface area contributed by atoms with Crippen molar-refractivity contribution in [3.8, 4) is 0 Å². The number of nitrogens with one attached hydrogen (secondary N) is 1. The maximum Gasteiger partial charge on any atom is 0.555 e. The summed E-state index contributed by atoms with van der Waals surface area (Å²) in [5, 5.41) is 20.8. The summed E-state index contributed by atoms with van der Waals surface area (Å²) in [5.41, 5.74) is 0.939. The fourth-order valence-corrected chi connectivity index (χ4v) is 7.86. The van der Waals surface area contributed by atoms with Gasteiger partial charge in [0.2, 0.25) is 0 Å². The van der Waals surface area contributed by atoms with Gasteiger partial charge in [-0.3, -0.25) is 24.5 Å². The number of thioether (sulfide) groups is 1. The van der Waals surface area contributed by atoms with Gasteiger partial charge < -0.3 is 34.3 Å². The summed E-state index contributed by atoms with van der Waals surface area (Å²) in [5.74, 6) is -0.329. The fraction of sp³-hybridized carbons (Fsp3) is 0.357. The zero-order chi connectivity index (χ0) is 35.5. The van der Waals surface area contributed by atoms with Crippen molar-refractivity contribution in [2.75, 3.05) is 49.1 Å². The number of nitro groups is 1. The van der Waals surface area contributed by atoms with Gasteiger partial charge in [-0.05, 0) is 46.5 Å². The number of anilines is 2. The Morgan fingerprint density at radius 2 is 1.86 bits per heavy atom. The molecular formula is C28H31FN5O11P2S2+. The van der Waals surface area contributed by atoms with E-state index in [4.69, 9.17) is 21.4 Å². The Balaban J connectivity index is 1.08. The first-order valence-electron chi connectivity index (χ1n) is 14.6. The first kappa shape index (κ1) is 36.8. The summed E-state index contributed by atoms with van der Waals surface area (Å²) < 4.78 is 49.3. The van der Waals surface area contributed by atoms with E-state index in [1.807, 2.05) is 4.90 Å². The zero-order valence-electron chi connectivity index (χ0n) is 25.5. The molecule has 1 aromatic heterocycles. The molecule has 5 rings (SSSR count). The number of aliphatic hydroxyl groups is 1. The van der Waals surface area contributed by atoms with Gasteiger partial charge in [0.1, 0.15) is 26.9 Å². The normalized spacial score (nSPS) is 18.6. The van der Waals surface area contributed by atoms with Crippen LogP contribution in [0.1, 0.15) is 11.3 Å². The number of carbonyl (C=O) groups is 1. The number of ether oxygens (including phenoxy) is 1. The van der Waals surface area contributed by atoms with Gasteiger partial charge in [-0.2, -0.15) is 4.89 Å². The van der Waals surface area contributed by atoms with Gasteiger partial charge in [0.15, 0.2) is 0 Å². The molecule has 0 bridgehead atoms. The third-order valence-electron chi connectivity index (χ3n) is 7.86. The van der Waals surface area contributed by atoms with Crippen LogP contribution in [0.4, 0.5) is 26.4 Å². The standard InChI is InChI=1S/C28H30FN5O11P2S2/c29-23-13-19(3-7-24(23)32-11-9-31(10-12-32)16-20-4-8-25(44-20)34(37)38)33-17-21(45-27(33)35)15-30-26(48)49-22-5-1-18(2-6-22)14-28(36,46(39)40)47(41,42)43/h1-8,13,21,36H,9-12,14-17H2,(H3-,30,39,40,41,42,43,48)/p+1/t21-,28?/m0/s1. The van der Waals surface area contributed by atoms with Crippen molar-refractivity contribution in [1.82, 2.24) is 10.2 Å². The maximum absolute atomic E-state index is 15.3. The molecule has 0 radical (unpaired) electrons. The van der Waals surface area contributed by atoms with Gasteiger partial charge in [0.25, 0.3) is 0 Å². The van der Waals surface area contributed by atoms with Crippen LogP contribution < -0.4 is 15.1 Å². The summed E-state index contributed by atoms with van der Waals surface area (Å²) in [6, 6.07) is 13.4. The smallest absolute Gasteiger partial charge is 0.442 e. The Hall–Kier alpha value is -3.51. The number of thiocarbonyl (C=S) groups is 1. The van der Waals surface area contributed by atoms with E-state index in [2.05, 4.69) is 10.2 Å². The van der Waals surface area contributed by atoms with Crippen molar-refractivity contribution >= 4 is 67.3 Å². The molecule has 2 fully saturated rings. The molecule has 2 unspecified atom stereocenters. The van der Waals surface area contributed by atoms with E-state index < -0.39 is 50.1 Å². The molecule has 0 saturated carbocycles. The van der Waals surface area contributed by atoms with E-state index in [0.717, 1.165) is 11.8 Å². The third-order valence-corrected chi connectivity index (χ3v) is 12.2. The first-order valence-corrected chi connectivity index (χ1v) is 18.6. The predicted octanol–water partition coefficient (Wildman–Crippen LogP) is 3.74. The molecule has 0 aliphatic carbocycles. The molecular weight excluding hydrogens is 727 g/mol. The van der Waals surface area contributed by atoms with Crippen LogP contribution in [0.2, 0.25) is 0 Å². The second-order valence-corrected chi connectivity index (χ2v) is 16.4. The summed E-state index contributed by atoms with van der Waals surface area (Å²) in [4.78, 5) is 56.7. The highest BCUT2D eigenvalue weighted by molar-refractivity contribution is 8.23. The van der Waals surface area contributed by atoms with E-state index >= 15 is 4.39 Å². The van der Waals surface area contributed by atoms with Gasteiger partial charge in [-0.25, -0.2) is 9.18 Å². The largest absolute Gasteiger partial charge is 0.555 e. The molecule has 21 heteroatoms. The number of furan rings is 1. The minimum atomic E-state index is -5.31. The average Bonchev–Trinajstić information content (AvgIpc) is 3.67. The Kier molecular flexibility index (Phi) is 11.4. The van der Waals surface area contributed by atoms with Crippen LogP contribution in [-0.2, 0) is 26.8 Å². The average molecular weight is 759 g/mol. The number of hydrogen-bond donors (Lipinski definition) is 5. The van der Waals surface area contributed by atoms with Gasteiger partial charge in [0, 0.05) is 31.1 Å². The molecule has 5 N–H and O–H groups in total. The monoisotopic (exact) mass is 758 g/mol. The van der Waals surface area contributed by atoms with Gasteiger partial charge in [-0.1, -0.05) is 36.1 Å². The molecule has 2 aromatic carbocycles. The first-order chi connectivity index (χ1) is 23.1. The molecule has 49 heavy (non-hydrogen) atoms. The highest BCUT2D eigenvalue weighted by Crippen LogP contribution is 2.61. The predicted molar refractivity (Wildman–Crippen MR) is 180 cm³/mol. The van der Waals surface area contributed by atoms with Crippen LogP contribution in [0.5, 0.6) is 0 Å². The number of halogens is 1. The highest BCUT2D eigenvalue weighted by atomic mass is 32.2. The quantitative estimate of drug-likeness (QED) is 0.0584. The van der Waals surface area contributed by atoms with Crippen LogP contribution in [0, 0.1) is 15.9 Å². The van der Waals surface area contributed by atoms with Crippen molar-refractivity contribution in [3.05, 3.63) is 81.9 Å². The van der Waals surface area contributed by atoms with Crippen molar-refractivity contribution < 1.29 is 52.2 Å². The summed E-state index contributed by atoms with van der Waals surface area (Å²) in [6.45, 7) is 2.94. The van der Waals surface area contributed by atoms with Crippen LogP contribution in [-0.4, -0.2) is 90.5 Å².